The first-order chi connectivity index (χ1) is 6.06. The van der Waals surface area contributed by atoms with Gasteiger partial charge in [-0.3, -0.25) is 4.79 Å². The van der Waals surface area contributed by atoms with Gasteiger partial charge in [-0.05, 0) is 0 Å². The fraction of sp³-hybridized carbons (Fsp3) is 0.429. The van der Waals surface area contributed by atoms with Crippen molar-refractivity contribution in [2.24, 2.45) is 0 Å². The van der Waals surface area contributed by atoms with E-state index in [2.05, 4.69) is 21.2 Å². The number of hydrogen-bond donors (Lipinski definition) is 3. The summed E-state index contributed by atoms with van der Waals surface area (Å²) in [4.78, 5) is 20.5. The first kappa shape index (κ1) is 12.0. The molecule has 0 atom stereocenters. The molecule has 5 nitrogen and oxygen atoms in total. The largest absolute Gasteiger partial charge is 0.481 e. The minimum absolute atomic E-state index is 0.194. The Bertz CT molecular complexity index is 227. The molecule has 0 aromatic rings. The van der Waals surface area contributed by atoms with Crippen LogP contribution in [0.25, 0.3) is 0 Å². The lowest BCUT2D eigenvalue weighted by Crippen LogP contribution is -2.19. The number of carboxylic acid groups (broad SMARTS) is 2. The molecule has 0 aromatic heterocycles. The predicted octanol–water partition coefficient (Wildman–Crippen LogP) is 0.414. The van der Waals surface area contributed by atoms with Crippen molar-refractivity contribution in [3.8, 4) is 0 Å². The summed E-state index contributed by atoms with van der Waals surface area (Å²) in [6.07, 6.45) is 0.552. The number of carboxylic acids is 2. The molecule has 0 aromatic carbocycles. The molecule has 0 saturated carbocycles. The third-order valence-corrected chi connectivity index (χ3v) is 1.48. The van der Waals surface area contributed by atoms with E-state index in [4.69, 9.17) is 10.2 Å². The minimum Gasteiger partial charge on any atom is -0.481 e. The molecule has 13 heavy (non-hydrogen) atoms. The van der Waals surface area contributed by atoms with Crippen molar-refractivity contribution in [3.05, 3.63) is 11.8 Å². The van der Waals surface area contributed by atoms with Crippen molar-refractivity contribution in [1.29, 1.82) is 0 Å². The average Bonchev–Trinajstić information content (AvgIpc) is 1.98. The smallest absolute Gasteiger partial charge is 0.330 e. The predicted molar refractivity (Wildman–Crippen MR) is 49.8 cm³/mol. The summed E-state index contributed by atoms with van der Waals surface area (Å²) in [5, 5.41) is 20.1. The summed E-state index contributed by atoms with van der Waals surface area (Å²) in [6.45, 7) is 0.492. The zero-order valence-corrected chi connectivity index (χ0v) is 8.37. The molecule has 0 saturated heterocycles. The van der Waals surface area contributed by atoms with Crippen LogP contribution in [0.2, 0.25) is 0 Å². The van der Waals surface area contributed by atoms with E-state index in [-0.39, 0.29) is 12.1 Å². The van der Waals surface area contributed by atoms with Crippen molar-refractivity contribution in [1.82, 2.24) is 5.32 Å². The topological polar surface area (TPSA) is 86.6 Å². The lowest BCUT2D eigenvalue weighted by Gasteiger charge is -2.05. The molecular weight excluding hydrogens is 242 g/mol. The zero-order valence-electron chi connectivity index (χ0n) is 6.79. The Labute approximate surface area is 83.6 Å². The van der Waals surface area contributed by atoms with Crippen LogP contribution in [0.4, 0.5) is 0 Å². The lowest BCUT2D eigenvalue weighted by molar-refractivity contribution is -0.136. The van der Waals surface area contributed by atoms with Gasteiger partial charge in [0.15, 0.2) is 0 Å². The molecule has 0 aliphatic rings. The normalized spacial score (nSPS) is 11.0. The van der Waals surface area contributed by atoms with Gasteiger partial charge in [-0.25, -0.2) is 4.79 Å². The molecule has 0 aliphatic carbocycles. The Morgan fingerprint density at radius 3 is 2.38 bits per heavy atom. The summed E-state index contributed by atoms with van der Waals surface area (Å²) < 4.78 is 0. The fourth-order valence-electron chi connectivity index (χ4n) is 0.684. The van der Waals surface area contributed by atoms with E-state index < -0.39 is 11.9 Å². The summed E-state index contributed by atoms with van der Waals surface area (Å²) >= 11 is 3.13. The lowest BCUT2D eigenvalue weighted by atomic mass is 10.3. The number of carbonyl (C=O) groups is 2. The Morgan fingerprint density at radius 2 is 2.00 bits per heavy atom. The van der Waals surface area contributed by atoms with Crippen LogP contribution in [0.1, 0.15) is 6.42 Å². The second kappa shape index (κ2) is 6.47. The van der Waals surface area contributed by atoms with Crippen LogP contribution in [0, 0.1) is 0 Å². The van der Waals surface area contributed by atoms with Crippen LogP contribution < -0.4 is 5.32 Å². The van der Waals surface area contributed by atoms with Crippen LogP contribution in [-0.2, 0) is 9.59 Å². The van der Waals surface area contributed by atoms with Gasteiger partial charge in [0, 0.05) is 23.6 Å². The molecule has 3 N–H and O–H groups in total. The number of alkyl halides is 1. The maximum Gasteiger partial charge on any atom is 0.330 e. The monoisotopic (exact) mass is 251 g/mol. The van der Waals surface area contributed by atoms with Crippen LogP contribution in [0.5, 0.6) is 0 Å². The Morgan fingerprint density at radius 1 is 1.38 bits per heavy atom. The number of halogens is 1. The van der Waals surface area contributed by atoms with E-state index in [1.165, 1.54) is 0 Å². The van der Waals surface area contributed by atoms with E-state index in [9.17, 15) is 9.59 Å². The van der Waals surface area contributed by atoms with Crippen LogP contribution in [0.3, 0.4) is 0 Å². The molecular formula is C7H10BrNO4. The first-order valence-electron chi connectivity index (χ1n) is 3.51. The molecule has 0 aliphatic heterocycles. The molecule has 0 fully saturated rings. The van der Waals surface area contributed by atoms with Gasteiger partial charge < -0.3 is 15.5 Å². The quantitative estimate of drug-likeness (QED) is 0.471. The highest BCUT2D eigenvalue weighted by Gasteiger charge is 2.04. The summed E-state index contributed by atoms with van der Waals surface area (Å²) in [7, 11) is 0. The molecule has 74 valence electrons. The van der Waals surface area contributed by atoms with Gasteiger partial charge in [0.05, 0.1) is 6.42 Å². The number of rotatable bonds is 6. The van der Waals surface area contributed by atoms with E-state index in [0.717, 1.165) is 6.08 Å². The molecule has 0 spiro atoms. The number of nitrogens with one attached hydrogen (secondary N) is 1. The van der Waals surface area contributed by atoms with Crippen LogP contribution in [0.15, 0.2) is 11.8 Å². The highest BCUT2D eigenvalue weighted by Crippen LogP contribution is 1.96. The Balaban J connectivity index is 4.18. The van der Waals surface area contributed by atoms with E-state index >= 15 is 0 Å². The van der Waals surface area contributed by atoms with Crippen molar-refractivity contribution >= 4 is 27.9 Å². The fourth-order valence-corrected chi connectivity index (χ4v) is 0.883. The highest BCUT2D eigenvalue weighted by atomic mass is 79.9. The highest BCUT2D eigenvalue weighted by molar-refractivity contribution is 9.09. The molecule has 0 amide bonds. The average molecular weight is 252 g/mol. The molecule has 6 heteroatoms. The second-order valence-corrected chi connectivity index (χ2v) is 2.99. The van der Waals surface area contributed by atoms with Gasteiger partial charge >= 0.3 is 11.9 Å². The van der Waals surface area contributed by atoms with Gasteiger partial charge in [-0.15, -0.1) is 0 Å². The van der Waals surface area contributed by atoms with Gasteiger partial charge in [-0.1, -0.05) is 15.9 Å². The maximum atomic E-state index is 10.3. The Kier molecular flexibility index (Phi) is 5.96. The molecule has 0 rings (SSSR count). The van der Waals surface area contributed by atoms with E-state index in [1.54, 1.807) is 0 Å². The van der Waals surface area contributed by atoms with Crippen molar-refractivity contribution in [2.45, 2.75) is 6.42 Å². The standard InChI is InChI=1S/C7H10BrNO4/c8-1-2-9-5(3-6(10)11)4-7(12)13/h3,9H,1-2,4H2,(H,10,11)(H,12,13)/b5-3-. The van der Waals surface area contributed by atoms with Gasteiger partial charge in [0.1, 0.15) is 0 Å². The first-order valence-corrected chi connectivity index (χ1v) is 4.63. The second-order valence-electron chi connectivity index (χ2n) is 2.19. The maximum absolute atomic E-state index is 10.3. The molecule has 0 radical (unpaired) electrons. The number of hydrogen-bond acceptors (Lipinski definition) is 3. The molecule has 0 heterocycles. The molecule has 0 unspecified atom stereocenters. The third kappa shape index (κ3) is 7.32. The summed E-state index contributed by atoms with van der Waals surface area (Å²) in [5.74, 6) is -2.21. The number of aliphatic carboxylic acids is 2. The van der Waals surface area contributed by atoms with Crippen LogP contribution in [-0.4, -0.2) is 34.0 Å². The van der Waals surface area contributed by atoms with Crippen molar-refractivity contribution in [3.63, 3.8) is 0 Å². The third-order valence-electron chi connectivity index (χ3n) is 1.09. The van der Waals surface area contributed by atoms with Crippen molar-refractivity contribution in [2.75, 3.05) is 11.9 Å². The summed E-state index contributed by atoms with van der Waals surface area (Å²) in [6, 6.07) is 0. The van der Waals surface area contributed by atoms with Gasteiger partial charge in [0.2, 0.25) is 0 Å². The van der Waals surface area contributed by atoms with Crippen molar-refractivity contribution < 1.29 is 19.8 Å². The minimum atomic E-state index is -1.15. The summed E-state index contributed by atoms with van der Waals surface area (Å²) in [5.41, 5.74) is 0.194. The molecule has 0 bridgehead atoms. The Hall–Kier alpha value is -1.04. The van der Waals surface area contributed by atoms with Crippen LogP contribution >= 0.6 is 15.9 Å². The zero-order chi connectivity index (χ0) is 10.3. The van der Waals surface area contributed by atoms with E-state index in [1.807, 2.05) is 0 Å². The SMILES string of the molecule is O=C(O)/C=C(/CC(=O)O)NCCBr. The van der Waals surface area contributed by atoms with Gasteiger partial charge in [0.25, 0.3) is 0 Å². The van der Waals surface area contributed by atoms with Gasteiger partial charge in [-0.2, -0.15) is 0 Å². The van der Waals surface area contributed by atoms with E-state index in [0.29, 0.717) is 11.9 Å².